The molecule has 0 heterocycles. The molecule has 91 heavy (non-hydrogen) atoms. The molecule has 19 heteroatoms. The van der Waals surface area contributed by atoms with E-state index in [1.165, 1.54) is 180 Å². The SMILES string of the molecule is CCCCCCCCCCCCCCCCCCCCC(=O)O[C@H](COC(=O)CCCCCCCCCCCCCCCC(C)C)COP(=O)(O)OC[C@@H](O)COP(=O)(O)OC[C@@H](COC(=O)CCCCCCC)OC(=O)CCCCCCCCCCC(C)CC. The van der Waals surface area contributed by atoms with E-state index in [0.29, 0.717) is 25.7 Å². The van der Waals surface area contributed by atoms with E-state index >= 15 is 0 Å². The summed E-state index contributed by atoms with van der Waals surface area (Å²) in [7, 11) is -9.89. The van der Waals surface area contributed by atoms with Gasteiger partial charge in [-0.1, -0.05) is 318 Å². The maximum Gasteiger partial charge on any atom is 0.472 e. The zero-order chi connectivity index (χ0) is 67.2. The van der Waals surface area contributed by atoms with Gasteiger partial charge in [0, 0.05) is 25.7 Å². The van der Waals surface area contributed by atoms with Crippen LogP contribution in [0.5, 0.6) is 0 Å². The smallest absolute Gasteiger partial charge is 0.462 e. The molecule has 0 aromatic carbocycles. The summed E-state index contributed by atoms with van der Waals surface area (Å²) in [4.78, 5) is 72.4. The molecule has 0 spiro atoms. The van der Waals surface area contributed by atoms with Crippen LogP contribution in [0.15, 0.2) is 0 Å². The summed E-state index contributed by atoms with van der Waals surface area (Å²) >= 11 is 0. The predicted molar refractivity (Wildman–Crippen MR) is 368 cm³/mol. The number of hydrogen-bond acceptors (Lipinski definition) is 15. The molecule has 0 amide bonds. The van der Waals surface area contributed by atoms with Crippen molar-refractivity contribution in [3.8, 4) is 0 Å². The van der Waals surface area contributed by atoms with Gasteiger partial charge in [0.15, 0.2) is 12.2 Å². The van der Waals surface area contributed by atoms with Gasteiger partial charge in [-0.2, -0.15) is 0 Å². The minimum Gasteiger partial charge on any atom is -0.462 e. The first-order chi connectivity index (χ1) is 43.9. The third kappa shape index (κ3) is 65.1. The molecule has 0 radical (unpaired) electrons. The zero-order valence-electron chi connectivity index (χ0n) is 59.1. The Bertz CT molecular complexity index is 1770. The number of ether oxygens (including phenoxy) is 4. The lowest BCUT2D eigenvalue weighted by Crippen LogP contribution is -2.30. The van der Waals surface area contributed by atoms with Crippen LogP contribution >= 0.6 is 15.6 Å². The first kappa shape index (κ1) is 89.1. The van der Waals surface area contributed by atoms with Crippen LogP contribution in [0.25, 0.3) is 0 Å². The van der Waals surface area contributed by atoms with Gasteiger partial charge in [0.2, 0.25) is 0 Å². The number of aliphatic hydroxyl groups is 1. The lowest BCUT2D eigenvalue weighted by molar-refractivity contribution is -0.161. The molecule has 3 N–H and O–H groups in total. The van der Waals surface area contributed by atoms with Gasteiger partial charge in [-0.25, -0.2) is 9.13 Å². The Morgan fingerprint density at radius 2 is 0.560 bits per heavy atom. The largest absolute Gasteiger partial charge is 0.472 e. The number of aliphatic hydroxyl groups excluding tert-OH is 1. The molecule has 0 aromatic rings. The van der Waals surface area contributed by atoms with Gasteiger partial charge in [0.05, 0.1) is 26.4 Å². The fraction of sp³-hybridized carbons (Fsp3) is 0.944. The van der Waals surface area contributed by atoms with Crippen molar-refractivity contribution in [3.63, 3.8) is 0 Å². The van der Waals surface area contributed by atoms with Crippen molar-refractivity contribution in [1.82, 2.24) is 0 Å². The molecule has 3 unspecified atom stereocenters. The number of phosphoric acid groups is 2. The molecule has 0 bridgehead atoms. The van der Waals surface area contributed by atoms with Crippen LogP contribution in [-0.4, -0.2) is 96.7 Å². The maximum absolute atomic E-state index is 13.0. The third-order valence-electron chi connectivity index (χ3n) is 17.1. The second-order valence-electron chi connectivity index (χ2n) is 26.7. The average molecular weight is 1340 g/mol. The molecule has 0 aliphatic heterocycles. The molecule has 17 nitrogen and oxygen atoms in total. The highest BCUT2D eigenvalue weighted by Gasteiger charge is 2.30. The van der Waals surface area contributed by atoms with E-state index < -0.39 is 97.5 Å². The Labute approximate surface area is 556 Å². The number of unbranched alkanes of at least 4 members (excludes halogenated alkanes) is 40. The second kappa shape index (κ2) is 64.1. The van der Waals surface area contributed by atoms with Crippen molar-refractivity contribution in [2.75, 3.05) is 39.6 Å². The first-order valence-electron chi connectivity index (χ1n) is 37.5. The van der Waals surface area contributed by atoms with E-state index in [0.717, 1.165) is 108 Å². The lowest BCUT2D eigenvalue weighted by Gasteiger charge is -2.21. The topological polar surface area (TPSA) is 237 Å². The van der Waals surface area contributed by atoms with E-state index in [1.54, 1.807) is 0 Å². The second-order valence-corrected chi connectivity index (χ2v) is 29.6. The fourth-order valence-corrected chi connectivity index (χ4v) is 12.5. The number of rotatable bonds is 71. The van der Waals surface area contributed by atoms with Crippen LogP contribution in [0, 0.1) is 11.8 Å². The molecule has 0 fully saturated rings. The van der Waals surface area contributed by atoms with E-state index in [-0.39, 0.29) is 25.7 Å². The molecule has 0 rings (SSSR count). The van der Waals surface area contributed by atoms with Crippen molar-refractivity contribution in [2.45, 2.75) is 387 Å². The molecular formula is C72H140O17P2. The van der Waals surface area contributed by atoms with Gasteiger partial charge in [0.1, 0.15) is 19.3 Å². The molecule has 540 valence electrons. The highest BCUT2D eigenvalue weighted by molar-refractivity contribution is 7.47. The molecule has 0 aliphatic rings. The summed E-state index contributed by atoms with van der Waals surface area (Å²) < 4.78 is 68.2. The van der Waals surface area contributed by atoms with Gasteiger partial charge in [-0.05, 0) is 37.5 Å². The average Bonchev–Trinajstić information content (AvgIpc) is 3.01. The van der Waals surface area contributed by atoms with E-state index in [9.17, 15) is 43.2 Å². The van der Waals surface area contributed by atoms with Crippen LogP contribution in [0.3, 0.4) is 0 Å². The molecule has 0 saturated heterocycles. The van der Waals surface area contributed by atoms with Gasteiger partial charge in [-0.3, -0.25) is 37.3 Å². The van der Waals surface area contributed by atoms with Crippen LogP contribution in [-0.2, 0) is 65.4 Å². The van der Waals surface area contributed by atoms with Crippen molar-refractivity contribution in [1.29, 1.82) is 0 Å². The maximum atomic E-state index is 13.0. The minimum atomic E-state index is -4.95. The zero-order valence-corrected chi connectivity index (χ0v) is 60.9. The molecule has 0 aromatic heterocycles. The fourth-order valence-electron chi connectivity index (χ4n) is 10.9. The Morgan fingerprint density at radius 3 is 0.835 bits per heavy atom. The molecule has 0 saturated carbocycles. The Kier molecular flexibility index (Phi) is 62.7. The van der Waals surface area contributed by atoms with Crippen molar-refractivity contribution in [2.24, 2.45) is 11.8 Å². The molecule has 0 aliphatic carbocycles. The van der Waals surface area contributed by atoms with E-state index in [2.05, 4.69) is 41.5 Å². The summed E-state index contributed by atoms with van der Waals surface area (Å²) in [6, 6.07) is 0. The third-order valence-corrected chi connectivity index (χ3v) is 19.0. The van der Waals surface area contributed by atoms with Gasteiger partial charge in [0.25, 0.3) is 0 Å². The van der Waals surface area contributed by atoms with E-state index in [1.807, 2.05) is 0 Å². The Hall–Kier alpha value is -1.94. The predicted octanol–water partition coefficient (Wildman–Crippen LogP) is 20.8. The molecular weight excluding hydrogens is 1200 g/mol. The highest BCUT2D eigenvalue weighted by atomic mass is 31.2. The summed E-state index contributed by atoms with van der Waals surface area (Å²) in [5, 5.41) is 10.6. The number of esters is 4. The van der Waals surface area contributed by atoms with Crippen LogP contribution in [0.4, 0.5) is 0 Å². The van der Waals surface area contributed by atoms with E-state index in [4.69, 9.17) is 37.0 Å². The normalized spacial score (nSPS) is 14.4. The summed E-state index contributed by atoms with van der Waals surface area (Å²) in [5.74, 6) is -0.572. The van der Waals surface area contributed by atoms with Crippen LogP contribution in [0.1, 0.15) is 369 Å². The monoisotopic (exact) mass is 1340 g/mol. The van der Waals surface area contributed by atoms with Gasteiger partial charge in [-0.15, -0.1) is 0 Å². The quantitative estimate of drug-likeness (QED) is 0.0222. The van der Waals surface area contributed by atoms with Gasteiger partial charge >= 0.3 is 39.5 Å². The summed E-state index contributed by atoms with van der Waals surface area (Å²) in [5.41, 5.74) is 0. The highest BCUT2D eigenvalue weighted by Crippen LogP contribution is 2.45. The minimum absolute atomic E-state index is 0.104. The number of hydrogen-bond donors (Lipinski definition) is 3. The lowest BCUT2D eigenvalue weighted by atomic mass is 9.99. The number of phosphoric ester groups is 2. The standard InChI is InChI=1S/C72H140O17P2/c1-7-10-12-14-15-16-17-18-19-20-21-22-25-29-32-38-44-50-56-71(76)89-68(61-83-70(75)55-49-43-37-31-28-26-23-24-27-30-35-41-46-52-64(4)5)63-87-91(80,81)85-59-66(73)58-84-90(78,79)86-62-67(60-82-69(74)54-48-40-13-11-8-2)88-72(77)57-51-45-39-34-33-36-42-47-53-65(6)9-3/h64-68,73H,7-63H2,1-6H3,(H,78,79)(H,80,81)/t65?,66-,67+,68+/m0/s1. The summed E-state index contributed by atoms with van der Waals surface area (Å²) in [6.07, 6.45) is 50.3. The van der Waals surface area contributed by atoms with Crippen molar-refractivity contribution < 1.29 is 80.2 Å². The number of carbonyl (C=O) groups is 4. The summed E-state index contributed by atoms with van der Waals surface area (Å²) in [6.45, 7) is 9.49. The van der Waals surface area contributed by atoms with Crippen LogP contribution < -0.4 is 0 Å². The molecule has 6 atom stereocenters. The van der Waals surface area contributed by atoms with Gasteiger partial charge < -0.3 is 33.8 Å². The Balaban J connectivity index is 5.16. The van der Waals surface area contributed by atoms with Crippen LogP contribution in [0.2, 0.25) is 0 Å². The Morgan fingerprint density at radius 1 is 0.319 bits per heavy atom. The first-order valence-corrected chi connectivity index (χ1v) is 40.5. The number of carbonyl (C=O) groups excluding carboxylic acids is 4. The van der Waals surface area contributed by atoms with Crippen molar-refractivity contribution in [3.05, 3.63) is 0 Å². The van der Waals surface area contributed by atoms with Crippen molar-refractivity contribution >= 4 is 39.5 Å².